The number of nitrogens with two attached hydrogens (primary N) is 1. The minimum Gasteiger partial charge on any atom is -0.481 e. The Morgan fingerprint density at radius 3 is 2.55 bits per heavy atom. The fourth-order valence-corrected chi connectivity index (χ4v) is 2.06. The molecular formula is C13H15N3O4. The Hall–Kier alpha value is -2.41. The van der Waals surface area contributed by atoms with Crippen LogP contribution in [0.1, 0.15) is 11.5 Å². The summed E-state index contributed by atoms with van der Waals surface area (Å²) in [6, 6.07) is 6.47. The Bertz CT molecular complexity index is 541. The lowest BCUT2D eigenvalue weighted by Crippen LogP contribution is -2.51. The molecule has 1 aromatic rings. The summed E-state index contributed by atoms with van der Waals surface area (Å²) in [6.07, 6.45) is 0. The molecule has 106 valence electrons. The lowest BCUT2D eigenvalue weighted by atomic mass is 9.99. The third-order valence-corrected chi connectivity index (χ3v) is 3.18. The SMILES string of the molecule is NCC(C(=O)O)c1ccc(N2CC(=O)NCC2=O)cc1. The summed E-state index contributed by atoms with van der Waals surface area (Å²) in [4.78, 5) is 35.4. The fourth-order valence-electron chi connectivity index (χ4n) is 2.06. The summed E-state index contributed by atoms with van der Waals surface area (Å²) in [5.41, 5.74) is 6.56. The zero-order valence-electron chi connectivity index (χ0n) is 10.7. The molecule has 1 saturated heterocycles. The van der Waals surface area contributed by atoms with Crippen LogP contribution in [0.15, 0.2) is 24.3 Å². The normalized spacial score (nSPS) is 16.8. The molecule has 0 bridgehead atoms. The minimum atomic E-state index is -0.992. The number of benzene rings is 1. The van der Waals surface area contributed by atoms with Crippen molar-refractivity contribution < 1.29 is 19.5 Å². The third kappa shape index (κ3) is 2.77. The van der Waals surface area contributed by atoms with Gasteiger partial charge in [0.25, 0.3) is 0 Å². The van der Waals surface area contributed by atoms with Gasteiger partial charge < -0.3 is 21.1 Å². The van der Waals surface area contributed by atoms with Gasteiger partial charge in [-0.05, 0) is 17.7 Å². The van der Waals surface area contributed by atoms with Crippen molar-refractivity contribution in [3.05, 3.63) is 29.8 Å². The highest BCUT2D eigenvalue weighted by atomic mass is 16.4. The van der Waals surface area contributed by atoms with E-state index < -0.39 is 11.9 Å². The van der Waals surface area contributed by atoms with Crippen molar-refractivity contribution in [1.82, 2.24) is 5.32 Å². The van der Waals surface area contributed by atoms with Crippen LogP contribution in [0.5, 0.6) is 0 Å². The second-order valence-corrected chi connectivity index (χ2v) is 4.47. The number of hydrogen-bond acceptors (Lipinski definition) is 4. The quantitative estimate of drug-likeness (QED) is 0.672. The van der Waals surface area contributed by atoms with Crippen LogP contribution in [0.2, 0.25) is 0 Å². The predicted molar refractivity (Wildman–Crippen MR) is 71.2 cm³/mol. The summed E-state index contributed by atoms with van der Waals surface area (Å²) >= 11 is 0. The van der Waals surface area contributed by atoms with Crippen LogP contribution >= 0.6 is 0 Å². The Balaban J connectivity index is 2.21. The Morgan fingerprint density at radius 1 is 1.35 bits per heavy atom. The van der Waals surface area contributed by atoms with E-state index in [-0.39, 0.29) is 31.4 Å². The first-order valence-corrected chi connectivity index (χ1v) is 6.13. The number of rotatable bonds is 4. The number of piperazine rings is 1. The van der Waals surface area contributed by atoms with Crippen LogP contribution < -0.4 is 16.0 Å². The average molecular weight is 277 g/mol. The second-order valence-electron chi connectivity index (χ2n) is 4.47. The van der Waals surface area contributed by atoms with Crippen LogP contribution in [0.4, 0.5) is 5.69 Å². The Morgan fingerprint density at radius 2 is 2.00 bits per heavy atom. The molecular weight excluding hydrogens is 262 g/mol. The van der Waals surface area contributed by atoms with E-state index in [0.717, 1.165) is 0 Å². The zero-order chi connectivity index (χ0) is 14.7. The lowest BCUT2D eigenvalue weighted by molar-refractivity contribution is -0.138. The largest absolute Gasteiger partial charge is 0.481 e. The summed E-state index contributed by atoms with van der Waals surface area (Å²) in [5.74, 6) is -2.19. The molecule has 7 heteroatoms. The van der Waals surface area contributed by atoms with Gasteiger partial charge in [-0.25, -0.2) is 0 Å². The monoisotopic (exact) mass is 277 g/mol. The number of nitrogens with zero attached hydrogens (tertiary/aromatic N) is 1. The molecule has 0 radical (unpaired) electrons. The number of nitrogens with one attached hydrogen (secondary N) is 1. The number of anilines is 1. The van der Waals surface area contributed by atoms with E-state index in [1.165, 1.54) is 4.90 Å². The minimum absolute atomic E-state index is 0.000267. The molecule has 2 rings (SSSR count). The van der Waals surface area contributed by atoms with Crippen molar-refractivity contribution >= 4 is 23.5 Å². The molecule has 1 aromatic carbocycles. The van der Waals surface area contributed by atoms with Gasteiger partial charge in [-0.2, -0.15) is 0 Å². The van der Waals surface area contributed by atoms with Crippen molar-refractivity contribution in [3.8, 4) is 0 Å². The molecule has 1 aliphatic rings. The lowest BCUT2D eigenvalue weighted by Gasteiger charge is -2.26. The number of amides is 2. The molecule has 0 saturated carbocycles. The number of aliphatic carboxylic acids is 1. The molecule has 20 heavy (non-hydrogen) atoms. The third-order valence-electron chi connectivity index (χ3n) is 3.18. The maximum atomic E-state index is 11.7. The molecule has 0 aliphatic carbocycles. The van der Waals surface area contributed by atoms with Gasteiger partial charge in [0, 0.05) is 12.2 Å². The number of carbonyl (C=O) groups excluding carboxylic acids is 2. The highest BCUT2D eigenvalue weighted by molar-refractivity contribution is 6.04. The summed E-state index contributed by atoms with van der Waals surface area (Å²) in [6.45, 7) is -0.0572. The molecule has 2 amide bonds. The molecule has 1 unspecified atom stereocenters. The van der Waals surface area contributed by atoms with Crippen molar-refractivity contribution in [2.24, 2.45) is 5.73 Å². The van der Waals surface area contributed by atoms with Gasteiger partial charge in [0.05, 0.1) is 12.5 Å². The van der Waals surface area contributed by atoms with Gasteiger partial charge in [0.2, 0.25) is 11.8 Å². The van der Waals surface area contributed by atoms with Gasteiger partial charge in [-0.3, -0.25) is 14.4 Å². The molecule has 1 aliphatic heterocycles. The zero-order valence-corrected chi connectivity index (χ0v) is 10.7. The smallest absolute Gasteiger partial charge is 0.312 e. The van der Waals surface area contributed by atoms with Crippen LogP contribution in [0.25, 0.3) is 0 Å². The first-order valence-electron chi connectivity index (χ1n) is 6.13. The van der Waals surface area contributed by atoms with Crippen molar-refractivity contribution in [2.45, 2.75) is 5.92 Å². The van der Waals surface area contributed by atoms with Gasteiger partial charge in [0.15, 0.2) is 0 Å². The highest BCUT2D eigenvalue weighted by Gasteiger charge is 2.25. The molecule has 0 spiro atoms. The van der Waals surface area contributed by atoms with Gasteiger partial charge in [-0.15, -0.1) is 0 Å². The molecule has 7 nitrogen and oxygen atoms in total. The van der Waals surface area contributed by atoms with E-state index in [4.69, 9.17) is 10.8 Å². The van der Waals surface area contributed by atoms with Crippen molar-refractivity contribution in [1.29, 1.82) is 0 Å². The summed E-state index contributed by atoms with van der Waals surface area (Å²) in [5, 5.41) is 11.5. The van der Waals surface area contributed by atoms with Gasteiger partial charge in [-0.1, -0.05) is 12.1 Å². The molecule has 1 heterocycles. The van der Waals surface area contributed by atoms with E-state index in [9.17, 15) is 14.4 Å². The van der Waals surface area contributed by atoms with Gasteiger partial charge in [0.1, 0.15) is 6.54 Å². The summed E-state index contributed by atoms with van der Waals surface area (Å²) < 4.78 is 0. The van der Waals surface area contributed by atoms with Crippen LogP contribution in [0, 0.1) is 0 Å². The molecule has 0 aromatic heterocycles. The second kappa shape index (κ2) is 5.70. The van der Waals surface area contributed by atoms with Gasteiger partial charge >= 0.3 is 5.97 Å². The Labute approximate surface area is 115 Å². The first-order chi connectivity index (χ1) is 9.52. The van der Waals surface area contributed by atoms with Crippen LogP contribution in [-0.2, 0) is 14.4 Å². The maximum absolute atomic E-state index is 11.7. The number of carboxylic acids is 1. The number of carboxylic acid groups (broad SMARTS) is 1. The standard InChI is InChI=1S/C13H15N3O4/c14-5-10(13(19)20)8-1-3-9(4-2-8)16-7-11(17)15-6-12(16)18/h1-4,10H,5-7,14H2,(H,15,17)(H,19,20). The summed E-state index contributed by atoms with van der Waals surface area (Å²) in [7, 11) is 0. The van der Waals surface area contributed by atoms with E-state index in [1.54, 1.807) is 24.3 Å². The molecule has 1 fully saturated rings. The van der Waals surface area contributed by atoms with E-state index >= 15 is 0 Å². The van der Waals surface area contributed by atoms with Crippen LogP contribution in [-0.4, -0.2) is 42.5 Å². The van der Waals surface area contributed by atoms with E-state index in [0.29, 0.717) is 11.3 Å². The molecule has 4 N–H and O–H groups in total. The Kier molecular flexibility index (Phi) is 3.99. The fraction of sp³-hybridized carbons (Fsp3) is 0.308. The van der Waals surface area contributed by atoms with Crippen molar-refractivity contribution in [2.75, 3.05) is 24.5 Å². The molecule has 1 atom stereocenters. The van der Waals surface area contributed by atoms with E-state index in [2.05, 4.69) is 5.32 Å². The topological polar surface area (TPSA) is 113 Å². The van der Waals surface area contributed by atoms with Crippen molar-refractivity contribution in [3.63, 3.8) is 0 Å². The average Bonchev–Trinajstić information content (AvgIpc) is 2.43. The number of hydrogen-bond donors (Lipinski definition) is 3. The first kappa shape index (κ1) is 14.0. The van der Waals surface area contributed by atoms with Crippen LogP contribution in [0.3, 0.4) is 0 Å². The van der Waals surface area contributed by atoms with E-state index in [1.807, 2.05) is 0 Å². The highest BCUT2D eigenvalue weighted by Crippen LogP contribution is 2.21. The predicted octanol–water partition coefficient (Wildman–Crippen LogP) is -0.724. The number of carbonyl (C=O) groups is 3. The maximum Gasteiger partial charge on any atom is 0.312 e.